The largest absolute Gasteiger partial charge is 0.463 e. The van der Waals surface area contributed by atoms with Crippen LogP contribution in [0.25, 0.3) is 0 Å². The molecule has 1 atom stereocenters. The van der Waals surface area contributed by atoms with E-state index in [0.29, 0.717) is 6.42 Å². The van der Waals surface area contributed by atoms with Crippen molar-refractivity contribution in [3.8, 4) is 0 Å². The molecule has 12 heavy (non-hydrogen) atoms. The summed E-state index contributed by atoms with van der Waals surface area (Å²) in [4.78, 5) is 11.1. The van der Waals surface area contributed by atoms with Crippen molar-refractivity contribution in [2.45, 2.75) is 45.1 Å². The summed E-state index contributed by atoms with van der Waals surface area (Å²) in [5.41, 5.74) is 0. The molecular formula is C10H16O2. The quantitative estimate of drug-likeness (QED) is 0.410. The number of allylic oxidation sites excluding steroid dienone is 2. The second-order valence-corrected chi connectivity index (χ2v) is 3.24. The summed E-state index contributed by atoms with van der Waals surface area (Å²) in [7, 11) is 0. The Morgan fingerprint density at radius 3 is 3.00 bits per heavy atom. The smallest absolute Gasteiger partial charge is 0.306 e. The summed E-state index contributed by atoms with van der Waals surface area (Å²) in [6, 6.07) is 0. The van der Waals surface area contributed by atoms with Crippen molar-refractivity contribution >= 4 is 5.97 Å². The van der Waals surface area contributed by atoms with E-state index in [2.05, 4.69) is 12.2 Å². The van der Waals surface area contributed by atoms with Gasteiger partial charge >= 0.3 is 5.97 Å². The molecule has 0 radical (unpaired) electrons. The van der Waals surface area contributed by atoms with Crippen LogP contribution in [-0.2, 0) is 9.53 Å². The number of esters is 1. The third-order valence-electron chi connectivity index (χ3n) is 2.00. The molecule has 68 valence electrons. The van der Waals surface area contributed by atoms with E-state index in [-0.39, 0.29) is 12.1 Å². The highest BCUT2D eigenvalue weighted by atomic mass is 16.5. The lowest BCUT2D eigenvalue weighted by Gasteiger charge is -2.13. The Bertz CT molecular complexity index is 173. The number of hydrogen-bond acceptors (Lipinski definition) is 2. The minimum atomic E-state index is -0.0611. The summed E-state index contributed by atoms with van der Waals surface area (Å²) in [5.74, 6) is -0.0611. The fourth-order valence-electron chi connectivity index (χ4n) is 1.30. The van der Waals surface area contributed by atoms with Gasteiger partial charge in [0.15, 0.2) is 0 Å². The van der Waals surface area contributed by atoms with Crippen molar-refractivity contribution in [3.05, 3.63) is 12.2 Å². The summed E-state index contributed by atoms with van der Waals surface area (Å²) in [6.45, 7) is 1.96. The lowest BCUT2D eigenvalue weighted by atomic mass is 10.1. The third-order valence-corrected chi connectivity index (χ3v) is 2.00. The number of hydrogen-bond donors (Lipinski definition) is 0. The van der Waals surface area contributed by atoms with Gasteiger partial charge in [-0.05, 0) is 32.6 Å². The zero-order valence-corrected chi connectivity index (χ0v) is 7.58. The molecule has 1 rings (SSSR count). The lowest BCUT2D eigenvalue weighted by molar-refractivity contribution is -0.148. The number of carbonyl (C=O) groups excluding carboxylic acids is 1. The van der Waals surface area contributed by atoms with Crippen LogP contribution in [0.4, 0.5) is 0 Å². The summed E-state index contributed by atoms with van der Waals surface area (Å²) in [5, 5.41) is 0. The van der Waals surface area contributed by atoms with Crippen LogP contribution >= 0.6 is 0 Å². The van der Waals surface area contributed by atoms with E-state index >= 15 is 0 Å². The van der Waals surface area contributed by atoms with E-state index in [0.717, 1.165) is 25.7 Å². The van der Waals surface area contributed by atoms with Crippen molar-refractivity contribution in [1.82, 2.24) is 0 Å². The van der Waals surface area contributed by atoms with Crippen molar-refractivity contribution in [2.75, 3.05) is 0 Å². The first-order valence-electron chi connectivity index (χ1n) is 4.63. The van der Waals surface area contributed by atoms with Gasteiger partial charge in [0, 0.05) is 6.42 Å². The van der Waals surface area contributed by atoms with Crippen LogP contribution in [0.5, 0.6) is 0 Å². The van der Waals surface area contributed by atoms with E-state index in [1.165, 1.54) is 0 Å². The van der Waals surface area contributed by atoms with Crippen LogP contribution in [0, 0.1) is 0 Å². The Labute approximate surface area is 73.6 Å². The average molecular weight is 168 g/mol. The van der Waals surface area contributed by atoms with Gasteiger partial charge in [0.2, 0.25) is 0 Å². The second-order valence-electron chi connectivity index (χ2n) is 3.24. The Kier molecular flexibility index (Phi) is 3.85. The van der Waals surface area contributed by atoms with Gasteiger partial charge < -0.3 is 4.74 Å². The van der Waals surface area contributed by atoms with Gasteiger partial charge in [-0.25, -0.2) is 0 Å². The molecule has 0 aromatic heterocycles. The van der Waals surface area contributed by atoms with Crippen molar-refractivity contribution in [1.29, 1.82) is 0 Å². The Morgan fingerprint density at radius 2 is 2.17 bits per heavy atom. The predicted octanol–water partition coefficient (Wildman–Crippen LogP) is 2.44. The average Bonchev–Trinajstić information content (AvgIpc) is 2.02. The minimum absolute atomic E-state index is 0.0611. The maximum Gasteiger partial charge on any atom is 0.306 e. The molecule has 1 aliphatic rings. The normalized spacial score (nSPS) is 29.1. The van der Waals surface area contributed by atoms with Gasteiger partial charge in [0.25, 0.3) is 0 Å². The highest BCUT2D eigenvalue weighted by molar-refractivity contribution is 5.69. The van der Waals surface area contributed by atoms with Crippen LogP contribution in [-0.4, -0.2) is 12.1 Å². The van der Waals surface area contributed by atoms with Crippen molar-refractivity contribution in [2.24, 2.45) is 0 Å². The first-order valence-corrected chi connectivity index (χ1v) is 4.63. The van der Waals surface area contributed by atoms with E-state index in [1.807, 2.05) is 6.92 Å². The SMILES string of the molecule is C[C@@H]1CCC/C=C\CCC(=O)O1. The molecule has 1 aliphatic heterocycles. The number of carbonyl (C=O) groups is 1. The topological polar surface area (TPSA) is 26.3 Å². The molecule has 0 spiro atoms. The minimum Gasteiger partial charge on any atom is -0.463 e. The fourth-order valence-corrected chi connectivity index (χ4v) is 1.30. The highest BCUT2D eigenvalue weighted by Crippen LogP contribution is 2.09. The van der Waals surface area contributed by atoms with Gasteiger partial charge in [-0.1, -0.05) is 12.2 Å². The molecule has 1 heterocycles. The molecule has 0 N–H and O–H groups in total. The second kappa shape index (κ2) is 4.96. The maximum absolute atomic E-state index is 11.1. The number of rotatable bonds is 0. The van der Waals surface area contributed by atoms with E-state index in [9.17, 15) is 4.79 Å². The molecule has 0 aromatic rings. The molecule has 0 saturated carbocycles. The molecule has 0 aliphatic carbocycles. The monoisotopic (exact) mass is 168 g/mol. The highest BCUT2D eigenvalue weighted by Gasteiger charge is 2.08. The Morgan fingerprint density at radius 1 is 1.42 bits per heavy atom. The Balaban J connectivity index is 2.40. The van der Waals surface area contributed by atoms with E-state index in [1.54, 1.807) is 0 Å². The first-order chi connectivity index (χ1) is 5.79. The van der Waals surface area contributed by atoms with Gasteiger partial charge in [-0.15, -0.1) is 0 Å². The molecule has 0 unspecified atom stereocenters. The molecular weight excluding hydrogens is 152 g/mol. The van der Waals surface area contributed by atoms with Crippen LogP contribution in [0.1, 0.15) is 39.0 Å². The standard InChI is InChI=1S/C10H16O2/c1-9-7-5-3-2-4-6-8-10(11)12-9/h2,4,9H,3,5-8H2,1H3/b4-2-/t9-/m1/s1. The zero-order chi connectivity index (χ0) is 8.81. The Hall–Kier alpha value is -0.790. The van der Waals surface area contributed by atoms with Crippen molar-refractivity contribution < 1.29 is 9.53 Å². The van der Waals surface area contributed by atoms with Gasteiger partial charge in [-0.2, -0.15) is 0 Å². The summed E-state index contributed by atoms with van der Waals surface area (Å²) >= 11 is 0. The van der Waals surface area contributed by atoms with Crippen LogP contribution in [0.2, 0.25) is 0 Å². The molecule has 0 saturated heterocycles. The summed E-state index contributed by atoms with van der Waals surface area (Å²) < 4.78 is 5.15. The summed E-state index contributed by atoms with van der Waals surface area (Å²) in [6.07, 6.45) is 8.89. The lowest BCUT2D eigenvalue weighted by Crippen LogP contribution is -2.14. The first kappa shape index (κ1) is 9.30. The van der Waals surface area contributed by atoms with Gasteiger partial charge in [0.05, 0.1) is 6.10 Å². The molecule has 2 nitrogen and oxygen atoms in total. The van der Waals surface area contributed by atoms with Gasteiger partial charge in [0.1, 0.15) is 0 Å². The molecule has 0 bridgehead atoms. The molecule has 0 amide bonds. The zero-order valence-electron chi connectivity index (χ0n) is 7.58. The molecule has 0 aromatic carbocycles. The van der Waals surface area contributed by atoms with E-state index in [4.69, 9.17) is 4.74 Å². The van der Waals surface area contributed by atoms with Crippen LogP contribution < -0.4 is 0 Å². The number of ether oxygens (including phenoxy) is 1. The third kappa shape index (κ3) is 3.56. The molecule has 0 fully saturated rings. The van der Waals surface area contributed by atoms with Crippen molar-refractivity contribution in [3.63, 3.8) is 0 Å². The van der Waals surface area contributed by atoms with Crippen LogP contribution in [0.15, 0.2) is 12.2 Å². The van der Waals surface area contributed by atoms with Gasteiger partial charge in [-0.3, -0.25) is 4.79 Å². The van der Waals surface area contributed by atoms with Crippen LogP contribution in [0.3, 0.4) is 0 Å². The maximum atomic E-state index is 11.1. The fraction of sp³-hybridized carbons (Fsp3) is 0.700. The molecule has 2 heteroatoms. The van der Waals surface area contributed by atoms with E-state index < -0.39 is 0 Å². The predicted molar refractivity (Wildman–Crippen MR) is 47.8 cm³/mol. The number of cyclic esters (lactones) is 1.